The van der Waals surface area contributed by atoms with E-state index in [1.165, 1.54) is 0 Å². The SMILES string of the molecule is CC(=O)c1c(N(C)C)c(-c2ccccc2)n(Cc2ccc(Cl)cc2)c1C. The van der Waals surface area contributed by atoms with Crippen molar-refractivity contribution >= 4 is 23.1 Å². The molecule has 0 atom stereocenters. The fraction of sp³-hybridized carbons (Fsp3) is 0.227. The van der Waals surface area contributed by atoms with E-state index in [2.05, 4.69) is 16.7 Å². The van der Waals surface area contributed by atoms with Crippen LogP contribution in [0.4, 0.5) is 5.69 Å². The minimum atomic E-state index is 0.0817. The highest BCUT2D eigenvalue weighted by atomic mass is 35.5. The van der Waals surface area contributed by atoms with Gasteiger partial charge in [0.2, 0.25) is 0 Å². The van der Waals surface area contributed by atoms with E-state index in [1.807, 2.05) is 68.4 Å². The summed E-state index contributed by atoms with van der Waals surface area (Å²) >= 11 is 6.03. The Morgan fingerprint density at radius 2 is 1.65 bits per heavy atom. The molecule has 0 unspecified atom stereocenters. The van der Waals surface area contributed by atoms with E-state index in [1.54, 1.807) is 6.92 Å². The van der Waals surface area contributed by atoms with Crippen molar-refractivity contribution in [3.63, 3.8) is 0 Å². The fourth-order valence-electron chi connectivity index (χ4n) is 3.44. The van der Waals surface area contributed by atoms with Crippen molar-refractivity contribution in [1.82, 2.24) is 4.57 Å². The van der Waals surface area contributed by atoms with Crippen molar-refractivity contribution in [2.24, 2.45) is 0 Å². The van der Waals surface area contributed by atoms with Gasteiger partial charge in [0.05, 0.1) is 16.9 Å². The van der Waals surface area contributed by atoms with Crippen LogP contribution >= 0.6 is 11.6 Å². The van der Waals surface area contributed by atoms with E-state index in [0.717, 1.165) is 38.8 Å². The summed E-state index contributed by atoms with van der Waals surface area (Å²) in [4.78, 5) is 14.5. The van der Waals surface area contributed by atoms with Crippen LogP contribution < -0.4 is 4.90 Å². The number of Topliss-reactive ketones (excluding diaryl/α,β-unsaturated/α-hetero) is 1. The van der Waals surface area contributed by atoms with Gasteiger partial charge in [-0.05, 0) is 31.5 Å². The van der Waals surface area contributed by atoms with Crippen LogP contribution in [0.1, 0.15) is 28.5 Å². The van der Waals surface area contributed by atoms with Crippen molar-refractivity contribution in [3.05, 3.63) is 76.4 Å². The molecule has 3 rings (SSSR count). The van der Waals surface area contributed by atoms with Gasteiger partial charge in [0, 0.05) is 36.9 Å². The maximum absolute atomic E-state index is 12.4. The highest BCUT2D eigenvalue weighted by molar-refractivity contribution is 6.30. The van der Waals surface area contributed by atoms with E-state index in [4.69, 9.17) is 11.6 Å². The molecular formula is C22H23ClN2O. The predicted octanol–water partition coefficient (Wildman–Crippen LogP) is 5.43. The predicted molar refractivity (Wildman–Crippen MR) is 109 cm³/mol. The molecule has 0 radical (unpaired) electrons. The van der Waals surface area contributed by atoms with Crippen LogP contribution in [-0.4, -0.2) is 24.4 Å². The van der Waals surface area contributed by atoms with Gasteiger partial charge in [-0.15, -0.1) is 0 Å². The lowest BCUT2D eigenvalue weighted by Crippen LogP contribution is -2.13. The molecule has 0 bridgehead atoms. The molecule has 0 saturated carbocycles. The lowest BCUT2D eigenvalue weighted by atomic mass is 10.1. The highest BCUT2D eigenvalue weighted by Gasteiger charge is 2.25. The van der Waals surface area contributed by atoms with Gasteiger partial charge in [-0.2, -0.15) is 0 Å². The zero-order chi connectivity index (χ0) is 18.8. The summed E-state index contributed by atoms with van der Waals surface area (Å²) in [6, 6.07) is 18.1. The number of anilines is 1. The lowest BCUT2D eigenvalue weighted by molar-refractivity contribution is 0.101. The Balaban J connectivity index is 2.26. The van der Waals surface area contributed by atoms with Gasteiger partial charge >= 0.3 is 0 Å². The van der Waals surface area contributed by atoms with Crippen molar-refractivity contribution < 1.29 is 4.79 Å². The van der Waals surface area contributed by atoms with Crippen molar-refractivity contribution in [3.8, 4) is 11.3 Å². The quantitative estimate of drug-likeness (QED) is 0.562. The molecule has 0 fully saturated rings. The van der Waals surface area contributed by atoms with E-state index in [0.29, 0.717) is 6.54 Å². The van der Waals surface area contributed by atoms with Crippen molar-refractivity contribution in [1.29, 1.82) is 0 Å². The molecule has 0 N–H and O–H groups in total. The molecule has 4 heteroatoms. The topological polar surface area (TPSA) is 25.2 Å². The second-order valence-electron chi connectivity index (χ2n) is 6.69. The molecule has 134 valence electrons. The van der Waals surface area contributed by atoms with Crippen LogP contribution in [0.25, 0.3) is 11.3 Å². The van der Waals surface area contributed by atoms with Crippen molar-refractivity contribution in [2.45, 2.75) is 20.4 Å². The van der Waals surface area contributed by atoms with Gasteiger partial charge < -0.3 is 9.47 Å². The molecule has 3 aromatic rings. The fourth-order valence-corrected chi connectivity index (χ4v) is 3.56. The number of nitrogens with zero attached hydrogens (tertiary/aromatic N) is 2. The standard InChI is InChI=1S/C22H23ClN2O/c1-15-20(16(2)26)22(24(3)4)21(18-8-6-5-7-9-18)25(15)14-17-10-12-19(23)13-11-17/h5-13H,14H2,1-4H3. The van der Waals surface area contributed by atoms with Crippen molar-refractivity contribution in [2.75, 3.05) is 19.0 Å². The molecule has 0 aliphatic carbocycles. The second kappa shape index (κ2) is 7.38. The smallest absolute Gasteiger partial charge is 0.163 e. The molecule has 0 aliphatic rings. The summed E-state index contributed by atoms with van der Waals surface area (Å²) in [5.74, 6) is 0.0817. The number of benzene rings is 2. The van der Waals surface area contributed by atoms with Gasteiger partial charge in [-0.3, -0.25) is 4.79 Å². The molecule has 26 heavy (non-hydrogen) atoms. The number of aromatic nitrogens is 1. The first kappa shape index (κ1) is 18.3. The molecule has 3 nitrogen and oxygen atoms in total. The number of carbonyl (C=O) groups excluding carboxylic acids is 1. The van der Waals surface area contributed by atoms with Crippen LogP contribution in [0.3, 0.4) is 0 Å². The Kier molecular flexibility index (Phi) is 5.19. The number of carbonyl (C=O) groups is 1. The van der Waals surface area contributed by atoms with Crippen LogP contribution in [-0.2, 0) is 6.54 Å². The van der Waals surface area contributed by atoms with E-state index in [-0.39, 0.29) is 5.78 Å². The Bertz CT molecular complexity index is 925. The summed E-state index contributed by atoms with van der Waals surface area (Å²) in [6.45, 7) is 4.34. The summed E-state index contributed by atoms with van der Waals surface area (Å²) in [7, 11) is 3.97. The molecular weight excluding hydrogens is 344 g/mol. The van der Waals surface area contributed by atoms with Crippen LogP contribution in [0, 0.1) is 6.92 Å². The van der Waals surface area contributed by atoms with E-state index in [9.17, 15) is 4.79 Å². The monoisotopic (exact) mass is 366 g/mol. The number of rotatable bonds is 5. The zero-order valence-corrected chi connectivity index (χ0v) is 16.3. The van der Waals surface area contributed by atoms with Gasteiger partial charge in [0.25, 0.3) is 0 Å². The minimum absolute atomic E-state index is 0.0817. The van der Waals surface area contributed by atoms with Crippen LogP contribution in [0.5, 0.6) is 0 Å². The highest BCUT2D eigenvalue weighted by Crippen LogP contribution is 2.38. The molecule has 2 aromatic carbocycles. The number of hydrogen-bond acceptors (Lipinski definition) is 2. The van der Waals surface area contributed by atoms with E-state index >= 15 is 0 Å². The summed E-state index contributed by atoms with van der Waals surface area (Å²) in [5, 5.41) is 0.722. The average Bonchev–Trinajstić information content (AvgIpc) is 2.91. The summed E-state index contributed by atoms with van der Waals surface area (Å²) < 4.78 is 2.23. The third-order valence-electron chi connectivity index (χ3n) is 4.60. The number of hydrogen-bond donors (Lipinski definition) is 0. The van der Waals surface area contributed by atoms with Gasteiger partial charge in [0.15, 0.2) is 5.78 Å². The van der Waals surface area contributed by atoms with Gasteiger partial charge in [0.1, 0.15) is 0 Å². The van der Waals surface area contributed by atoms with Crippen LogP contribution in [0.2, 0.25) is 5.02 Å². The van der Waals surface area contributed by atoms with Crippen LogP contribution in [0.15, 0.2) is 54.6 Å². The molecule has 1 aromatic heterocycles. The first-order chi connectivity index (χ1) is 12.4. The second-order valence-corrected chi connectivity index (χ2v) is 7.12. The maximum atomic E-state index is 12.4. The van der Waals surface area contributed by atoms with Gasteiger partial charge in [-0.25, -0.2) is 0 Å². The molecule has 1 heterocycles. The number of ketones is 1. The first-order valence-corrected chi connectivity index (χ1v) is 8.99. The number of halogens is 1. The zero-order valence-electron chi connectivity index (χ0n) is 15.6. The normalized spacial score (nSPS) is 10.8. The summed E-state index contributed by atoms with van der Waals surface area (Å²) in [6.07, 6.45) is 0. The first-order valence-electron chi connectivity index (χ1n) is 8.61. The Morgan fingerprint density at radius 1 is 1.04 bits per heavy atom. The van der Waals surface area contributed by atoms with E-state index < -0.39 is 0 Å². The lowest BCUT2D eigenvalue weighted by Gasteiger charge is -2.18. The molecule has 0 aliphatic heterocycles. The average molecular weight is 367 g/mol. The largest absolute Gasteiger partial charge is 0.375 e. The molecule has 0 amide bonds. The molecule has 0 spiro atoms. The Labute approximate surface area is 159 Å². The summed E-state index contributed by atoms with van der Waals surface area (Å²) in [5.41, 5.74) is 6.03. The minimum Gasteiger partial charge on any atom is -0.375 e. The third-order valence-corrected chi connectivity index (χ3v) is 4.85. The maximum Gasteiger partial charge on any atom is 0.163 e. The Hall–Kier alpha value is -2.52. The van der Waals surface area contributed by atoms with Gasteiger partial charge in [-0.1, -0.05) is 54.1 Å². The Morgan fingerprint density at radius 3 is 2.19 bits per heavy atom. The third kappa shape index (κ3) is 3.40. The molecule has 0 saturated heterocycles.